The molecule has 2 rings (SSSR count). The number of carbonyl (C=O) groups is 1. The van der Waals surface area contributed by atoms with E-state index >= 15 is 0 Å². The lowest BCUT2D eigenvalue weighted by Gasteiger charge is -2.07. The maximum absolute atomic E-state index is 11.5. The summed E-state index contributed by atoms with van der Waals surface area (Å²) in [6, 6.07) is 1.89. The molecule has 1 aliphatic carbocycles. The molecule has 2 unspecified atom stereocenters. The average Bonchev–Trinajstić information content (AvgIpc) is 3.11. The van der Waals surface area contributed by atoms with E-state index in [1.807, 2.05) is 13.0 Å². The summed E-state index contributed by atoms with van der Waals surface area (Å²) in [5.41, 5.74) is 0.900. The summed E-state index contributed by atoms with van der Waals surface area (Å²) in [6.45, 7) is 2.27. The number of nitrogens with zero attached hydrogens (tertiary/aromatic N) is 1. The molecule has 4 nitrogen and oxygen atoms in total. The van der Waals surface area contributed by atoms with E-state index in [4.69, 9.17) is 9.47 Å². The highest BCUT2D eigenvalue weighted by molar-refractivity contribution is 9.10. The van der Waals surface area contributed by atoms with Crippen LogP contribution in [0.3, 0.4) is 0 Å². The predicted octanol–water partition coefficient (Wildman–Crippen LogP) is 2.59. The van der Waals surface area contributed by atoms with Crippen LogP contribution in [0.5, 0.6) is 5.75 Å². The van der Waals surface area contributed by atoms with E-state index in [2.05, 4.69) is 20.9 Å². The van der Waals surface area contributed by atoms with E-state index < -0.39 is 0 Å². The molecule has 0 N–H and O–H groups in total. The van der Waals surface area contributed by atoms with Gasteiger partial charge in [0.05, 0.1) is 25.3 Å². The van der Waals surface area contributed by atoms with Crippen molar-refractivity contribution in [1.29, 1.82) is 0 Å². The normalized spacial score (nSPS) is 21.5. The van der Waals surface area contributed by atoms with Crippen molar-refractivity contribution in [3.63, 3.8) is 0 Å². The van der Waals surface area contributed by atoms with E-state index in [0.29, 0.717) is 12.5 Å². The minimum Gasteiger partial charge on any atom is -0.495 e. The number of rotatable bonds is 5. The minimum absolute atomic E-state index is 0.0418. The van der Waals surface area contributed by atoms with Crippen LogP contribution in [0.15, 0.2) is 16.7 Å². The Morgan fingerprint density at radius 1 is 1.61 bits per heavy atom. The summed E-state index contributed by atoms with van der Waals surface area (Å²) in [6.07, 6.45) is 3.40. The van der Waals surface area contributed by atoms with Gasteiger partial charge in [0.1, 0.15) is 5.75 Å². The van der Waals surface area contributed by atoms with Crippen LogP contribution in [0.4, 0.5) is 0 Å². The summed E-state index contributed by atoms with van der Waals surface area (Å²) in [4.78, 5) is 15.9. The molecule has 1 aromatic rings. The first-order valence-electron chi connectivity index (χ1n) is 6.00. The van der Waals surface area contributed by atoms with Gasteiger partial charge in [-0.15, -0.1) is 0 Å². The molecule has 1 aliphatic rings. The van der Waals surface area contributed by atoms with Crippen LogP contribution in [0.1, 0.15) is 19.0 Å². The van der Waals surface area contributed by atoms with Gasteiger partial charge in [-0.05, 0) is 47.7 Å². The third-order valence-corrected chi connectivity index (χ3v) is 3.52. The van der Waals surface area contributed by atoms with Gasteiger partial charge in [0.15, 0.2) is 0 Å². The van der Waals surface area contributed by atoms with E-state index in [1.165, 1.54) is 0 Å². The van der Waals surface area contributed by atoms with Crippen molar-refractivity contribution in [1.82, 2.24) is 4.98 Å². The molecular weight excluding hydrogens is 298 g/mol. The summed E-state index contributed by atoms with van der Waals surface area (Å²) in [5, 5.41) is 0. The van der Waals surface area contributed by atoms with Gasteiger partial charge in [-0.2, -0.15) is 0 Å². The summed E-state index contributed by atoms with van der Waals surface area (Å²) >= 11 is 3.36. The van der Waals surface area contributed by atoms with Crippen molar-refractivity contribution in [3.8, 4) is 5.75 Å². The van der Waals surface area contributed by atoms with Gasteiger partial charge in [0.25, 0.3) is 0 Å². The molecule has 1 saturated carbocycles. The maximum atomic E-state index is 11.5. The number of carbonyl (C=O) groups excluding carboxylic acids is 1. The Labute approximate surface area is 115 Å². The van der Waals surface area contributed by atoms with E-state index in [-0.39, 0.29) is 11.9 Å². The van der Waals surface area contributed by atoms with Gasteiger partial charge in [0.2, 0.25) is 0 Å². The highest BCUT2D eigenvalue weighted by Gasteiger charge is 2.44. The third-order valence-electron chi connectivity index (χ3n) is 3.08. The quantitative estimate of drug-likeness (QED) is 0.784. The SMILES string of the molecule is CCOC(=O)C1CC1Cc1ncc(Br)cc1OC. The zero-order chi connectivity index (χ0) is 13.1. The number of halogens is 1. The number of ether oxygens (including phenoxy) is 2. The molecule has 5 heteroatoms. The van der Waals surface area contributed by atoms with Crippen molar-refractivity contribution >= 4 is 21.9 Å². The fourth-order valence-corrected chi connectivity index (χ4v) is 2.35. The van der Waals surface area contributed by atoms with E-state index in [9.17, 15) is 4.79 Å². The molecule has 18 heavy (non-hydrogen) atoms. The molecule has 0 spiro atoms. The molecule has 0 bridgehead atoms. The summed E-state index contributed by atoms with van der Waals surface area (Å²) < 4.78 is 11.2. The number of methoxy groups -OCH3 is 1. The van der Waals surface area contributed by atoms with Crippen molar-refractivity contribution in [2.75, 3.05) is 13.7 Å². The van der Waals surface area contributed by atoms with Gasteiger partial charge in [0, 0.05) is 10.7 Å². The molecule has 1 fully saturated rings. The number of aromatic nitrogens is 1. The fraction of sp³-hybridized carbons (Fsp3) is 0.538. The number of hydrogen-bond acceptors (Lipinski definition) is 4. The summed E-state index contributed by atoms with van der Waals surface area (Å²) in [7, 11) is 1.63. The van der Waals surface area contributed by atoms with Crippen LogP contribution in [-0.4, -0.2) is 24.7 Å². The number of pyridine rings is 1. The molecule has 0 saturated heterocycles. The third kappa shape index (κ3) is 3.02. The second kappa shape index (κ2) is 5.69. The topological polar surface area (TPSA) is 48.4 Å². The van der Waals surface area contributed by atoms with Gasteiger partial charge in [-0.25, -0.2) is 0 Å². The monoisotopic (exact) mass is 313 g/mol. The Morgan fingerprint density at radius 2 is 2.39 bits per heavy atom. The lowest BCUT2D eigenvalue weighted by Crippen LogP contribution is -2.08. The Bertz CT molecular complexity index is 450. The first-order valence-corrected chi connectivity index (χ1v) is 6.80. The van der Waals surface area contributed by atoms with Crippen LogP contribution in [-0.2, 0) is 16.0 Å². The lowest BCUT2D eigenvalue weighted by molar-refractivity contribution is -0.145. The molecule has 0 amide bonds. The fourth-order valence-electron chi connectivity index (χ4n) is 2.04. The van der Waals surface area contributed by atoms with Crippen LogP contribution in [0, 0.1) is 11.8 Å². The van der Waals surface area contributed by atoms with Crippen LogP contribution in [0.2, 0.25) is 0 Å². The second-order valence-electron chi connectivity index (χ2n) is 4.36. The highest BCUT2D eigenvalue weighted by atomic mass is 79.9. The van der Waals surface area contributed by atoms with Gasteiger partial charge in [-0.3, -0.25) is 9.78 Å². The highest BCUT2D eigenvalue weighted by Crippen LogP contribution is 2.43. The molecule has 0 radical (unpaired) electrons. The van der Waals surface area contributed by atoms with Crippen LogP contribution < -0.4 is 4.74 Å². The molecule has 1 aromatic heterocycles. The largest absolute Gasteiger partial charge is 0.495 e. The van der Waals surface area contributed by atoms with Gasteiger partial charge >= 0.3 is 5.97 Å². The number of esters is 1. The second-order valence-corrected chi connectivity index (χ2v) is 5.28. The minimum atomic E-state index is -0.0846. The van der Waals surface area contributed by atoms with Crippen LogP contribution >= 0.6 is 15.9 Å². The molecule has 2 atom stereocenters. The van der Waals surface area contributed by atoms with Crippen molar-refractivity contribution < 1.29 is 14.3 Å². The van der Waals surface area contributed by atoms with Crippen molar-refractivity contribution in [2.45, 2.75) is 19.8 Å². The standard InChI is InChI=1S/C13H16BrNO3/c1-3-18-13(16)10-4-8(10)5-11-12(17-2)6-9(14)7-15-11/h6-8,10H,3-5H2,1-2H3. The lowest BCUT2D eigenvalue weighted by atomic mass is 10.1. The van der Waals surface area contributed by atoms with Gasteiger partial charge < -0.3 is 9.47 Å². The summed E-state index contributed by atoms with van der Waals surface area (Å²) in [5.74, 6) is 1.06. The van der Waals surface area contributed by atoms with Gasteiger partial charge in [-0.1, -0.05) is 0 Å². The zero-order valence-electron chi connectivity index (χ0n) is 10.5. The van der Waals surface area contributed by atoms with Crippen molar-refractivity contribution in [3.05, 3.63) is 22.4 Å². The Hall–Kier alpha value is -1.10. The first kappa shape index (κ1) is 13.3. The molecule has 98 valence electrons. The maximum Gasteiger partial charge on any atom is 0.309 e. The van der Waals surface area contributed by atoms with Crippen molar-refractivity contribution in [2.24, 2.45) is 11.8 Å². The molecular formula is C13H16BrNO3. The number of hydrogen-bond donors (Lipinski definition) is 0. The Morgan fingerprint density at radius 3 is 3.06 bits per heavy atom. The molecule has 1 heterocycles. The molecule has 0 aliphatic heterocycles. The average molecular weight is 314 g/mol. The van der Waals surface area contributed by atoms with Crippen LogP contribution in [0.25, 0.3) is 0 Å². The zero-order valence-corrected chi connectivity index (χ0v) is 12.1. The van der Waals surface area contributed by atoms with E-state index in [1.54, 1.807) is 13.3 Å². The smallest absolute Gasteiger partial charge is 0.309 e. The Kier molecular flexibility index (Phi) is 4.22. The first-order chi connectivity index (χ1) is 8.65. The predicted molar refractivity (Wildman–Crippen MR) is 70.4 cm³/mol. The van der Waals surface area contributed by atoms with E-state index in [0.717, 1.165) is 28.8 Å². The Balaban J connectivity index is 1.97. The molecule has 0 aromatic carbocycles.